The highest BCUT2D eigenvalue weighted by atomic mass is 16.2. The Kier molecular flexibility index (Phi) is 4.37. The van der Waals surface area contributed by atoms with Gasteiger partial charge in [0.15, 0.2) is 0 Å². The van der Waals surface area contributed by atoms with E-state index in [1.54, 1.807) is 18.3 Å². The highest BCUT2D eigenvalue weighted by Crippen LogP contribution is 2.20. The van der Waals surface area contributed by atoms with Crippen molar-refractivity contribution in [3.05, 3.63) is 53.7 Å². The molecule has 2 amide bonds. The largest absolute Gasteiger partial charge is 0.366 e. The first-order valence-corrected chi connectivity index (χ1v) is 7.81. The van der Waals surface area contributed by atoms with Crippen molar-refractivity contribution < 1.29 is 9.59 Å². The Morgan fingerprint density at radius 3 is 2.30 bits per heavy atom. The van der Waals surface area contributed by atoms with Crippen molar-refractivity contribution in [1.82, 2.24) is 9.88 Å². The van der Waals surface area contributed by atoms with Crippen molar-refractivity contribution >= 4 is 11.8 Å². The second-order valence-corrected chi connectivity index (χ2v) is 5.72. The molecule has 118 valence electrons. The SMILES string of the molecule is NC(=O)c1ccnc(-c2ccc(C(=O)N3CCCCC3)cc2)c1. The second kappa shape index (κ2) is 6.60. The Balaban J connectivity index is 1.80. The van der Waals surface area contributed by atoms with Crippen LogP contribution in [0.5, 0.6) is 0 Å². The van der Waals surface area contributed by atoms with Gasteiger partial charge < -0.3 is 10.6 Å². The normalized spacial score (nSPS) is 14.5. The lowest BCUT2D eigenvalue weighted by atomic mass is 10.0. The first kappa shape index (κ1) is 15.2. The van der Waals surface area contributed by atoms with E-state index >= 15 is 0 Å². The molecular formula is C18H19N3O2. The van der Waals surface area contributed by atoms with Gasteiger partial charge in [-0.05, 0) is 43.5 Å². The number of piperidine rings is 1. The van der Waals surface area contributed by atoms with Crippen molar-refractivity contribution in [2.75, 3.05) is 13.1 Å². The molecule has 0 spiro atoms. The fourth-order valence-corrected chi connectivity index (χ4v) is 2.80. The fraction of sp³-hybridized carbons (Fsp3) is 0.278. The average molecular weight is 309 g/mol. The summed E-state index contributed by atoms with van der Waals surface area (Å²) in [4.78, 5) is 29.8. The van der Waals surface area contributed by atoms with Crippen molar-refractivity contribution in [2.24, 2.45) is 5.73 Å². The fourth-order valence-electron chi connectivity index (χ4n) is 2.80. The summed E-state index contributed by atoms with van der Waals surface area (Å²) in [6.07, 6.45) is 4.91. The van der Waals surface area contributed by atoms with E-state index in [4.69, 9.17) is 5.73 Å². The number of hydrogen-bond donors (Lipinski definition) is 1. The zero-order valence-corrected chi connectivity index (χ0v) is 12.9. The van der Waals surface area contributed by atoms with E-state index in [1.165, 1.54) is 6.42 Å². The standard InChI is InChI=1S/C18H19N3O2/c19-17(22)15-8-9-20-16(12-15)13-4-6-14(7-5-13)18(23)21-10-2-1-3-11-21/h4-9,12H,1-3,10-11H2,(H2,19,22). The van der Waals surface area contributed by atoms with E-state index in [9.17, 15) is 9.59 Å². The van der Waals surface area contributed by atoms with Crippen LogP contribution in [0.25, 0.3) is 11.3 Å². The predicted octanol–water partition coefficient (Wildman–Crippen LogP) is 2.47. The van der Waals surface area contributed by atoms with E-state index in [-0.39, 0.29) is 5.91 Å². The predicted molar refractivity (Wildman–Crippen MR) is 87.9 cm³/mol. The topological polar surface area (TPSA) is 76.3 Å². The summed E-state index contributed by atoms with van der Waals surface area (Å²) in [5.74, 6) is -0.402. The van der Waals surface area contributed by atoms with Gasteiger partial charge in [0.25, 0.3) is 5.91 Å². The zero-order valence-electron chi connectivity index (χ0n) is 12.9. The van der Waals surface area contributed by atoms with Crippen LogP contribution >= 0.6 is 0 Å². The summed E-state index contributed by atoms with van der Waals surface area (Å²) in [7, 11) is 0. The van der Waals surface area contributed by atoms with Gasteiger partial charge in [0.2, 0.25) is 5.91 Å². The first-order chi connectivity index (χ1) is 11.1. The van der Waals surface area contributed by atoms with Gasteiger partial charge in [0, 0.05) is 36.0 Å². The van der Waals surface area contributed by atoms with E-state index in [1.807, 2.05) is 29.2 Å². The number of amides is 2. The Labute approximate surface area is 135 Å². The lowest BCUT2D eigenvalue weighted by molar-refractivity contribution is 0.0724. The quantitative estimate of drug-likeness (QED) is 0.946. The lowest BCUT2D eigenvalue weighted by Gasteiger charge is -2.26. The van der Waals surface area contributed by atoms with E-state index in [2.05, 4.69) is 4.98 Å². The molecule has 1 aliphatic rings. The number of rotatable bonds is 3. The van der Waals surface area contributed by atoms with Gasteiger partial charge in [-0.1, -0.05) is 12.1 Å². The summed E-state index contributed by atoms with van der Waals surface area (Å²) in [6, 6.07) is 10.6. The molecule has 5 nitrogen and oxygen atoms in total. The molecule has 0 unspecified atom stereocenters. The maximum Gasteiger partial charge on any atom is 0.253 e. The van der Waals surface area contributed by atoms with Gasteiger partial charge in [-0.25, -0.2) is 0 Å². The molecule has 1 fully saturated rings. The maximum atomic E-state index is 12.4. The number of nitrogens with two attached hydrogens (primary N) is 1. The highest BCUT2D eigenvalue weighted by Gasteiger charge is 2.18. The zero-order chi connectivity index (χ0) is 16.2. The van der Waals surface area contributed by atoms with Gasteiger partial charge in [0.05, 0.1) is 5.69 Å². The third kappa shape index (κ3) is 3.39. The summed E-state index contributed by atoms with van der Waals surface area (Å²) in [5, 5.41) is 0. The van der Waals surface area contributed by atoms with Crippen LogP contribution in [0.15, 0.2) is 42.6 Å². The van der Waals surface area contributed by atoms with E-state index < -0.39 is 5.91 Å². The number of primary amides is 1. The molecule has 1 saturated heterocycles. The summed E-state index contributed by atoms with van der Waals surface area (Å²) < 4.78 is 0. The van der Waals surface area contributed by atoms with Crippen LogP contribution in [0, 0.1) is 0 Å². The van der Waals surface area contributed by atoms with Gasteiger partial charge in [-0.2, -0.15) is 0 Å². The number of hydrogen-bond acceptors (Lipinski definition) is 3. The highest BCUT2D eigenvalue weighted by molar-refractivity contribution is 5.95. The Hall–Kier alpha value is -2.69. The number of likely N-dealkylation sites (tertiary alicyclic amines) is 1. The first-order valence-electron chi connectivity index (χ1n) is 7.81. The molecule has 0 radical (unpaired) electrons. The number of carbonyl (C=O) groups excluding carboxylic acids is 2. The van der Waals surface area contributed by atoms with Crippen molar-refractivity contribution in [2.45, 2.75) is 19.3 Å². The molecule has 2 aromatic rings. The summed E-state index contributed by atoms with van der Waals surface area (Å²) >= 11 is 0. The third-order valence-electron chi connectivity index (χ3n) is 4.12. The van der Waals surface area contributed by atoms with Crippen molar-refractivity contribution in [1.29, 1.82) is 0 Å². The second-order valence-electron chi connectivity index (χ2n) is 5.72. The Bertz CT molecular complexity index is 719. The molecule has 1 aliphatic heterocycles. The molecule has 1 aromatic heterocycles. The molecule has 0 atom stereocenters. The molecule has 2 heterocycles. The van der Waals surface area contributed by atoms with Gasteiger partial charge in [-0.3, -0.25) is 14.6 Å². The smallest absolute Gasteiger partial charge is 0.253 e. The van der Waals surface area contributed by atoms with Crippen LogP contribution in [-0.2, 0) is 0 Å². The van der Waals surface area contributed by atoms with Crippen LogP contribution in [0.4, 0.5) is 0 Å². The average Bonchev–Trinajstić information content (AvgIpc) is 2.62. The molecule has 1 aromatic carbocycles. The van der Waals surface area contributed by atoms with Gasteiger partial charge >= 0.3 is 0 Å². The van der Waals surface area contributed by atoms with Crippen LogP contribution < -0.4 is 5.73 Å². The molecular weight excluding hydrogens is 290 g/mol. The molecule has 0 bridgehead atoms. The molecule has 3 rings (SSSR count). The molecule has 2 N–H and O–H groups in total. The molecule has 23 heavy (non-hydrogen) atoms. The van der Waals surface area contributed by atoms with E-state index in [0.29, 0.717) is 16.8 Å². The third-order valence-corrected chi connectivity index (χ3v) is 4.12. The minimum absolute atomic E-state index is 0.0788. The Morgan fingerprint density at radius 1 is 0.957 bits per heavy atom. The Morgan fingerprint density at radius 2 is 1.65 bits per heavy atom. The molecule has 5 heteroatoms. The van der Waals surface area contributed by atoms with Crippen molar-refractivity contribution in [3.8, 4) is 11.3 Å². The van der Waals surface area contributed by atoms with Crippen LogP contribution in [0.2, 0.25) is 0 Å². The van der Waals surface area contributed by atoms with Crippen LogP contribution in [0.1, 0.15) is 40.0 Å². The van der Waals surface area contributed by atoms with Crippen molar-refractivity contribution in [3.63, 3.8) is 0 Å². The number of nitrogens with zero attached hydrogens (tertiary/aromatic N) is 2. The molecule has 0 saturated carbocycles. The van der Waals surface area contributed by atoms with Gasteiger partial charge in [0.1, 0.15) is 0 Å². The monoisotopic (exact) mass is 309 g/mol. The van der Waals surface area contributed by atoms with Crippen LogP contribution in [-0.4, -0.2) is 34.8 Å². The van der Waals surface area contributed by atoms with Gasteiger partial charge in [-0.15, -0.1) is 0 Å². The van der Waals surface area contributed by atoms with Crippen LogP contribution in [0.3, 0.4) is 0 Å². The molecule has 0 aliphatic carbocycles. The number of benzene rings is 1. The minimum Gasteiger partial charge on any atom is -0.366 e. The number of pyridine rings is 1. The number of carbonyl (C=O) groups is 2. The summed E-state index contributed by atoms with van der Waals surface area (Å²) in [6.45, 7) is 1.67. The minimum atomic E-state index is -0.481. The van der Waals surface area contributed by atoms with E-state index in [0.717, 1.165) is 31.5 Å². The lowest BCUT2D eigenvalue weighted by Crippen LogP contribution is -2.35. The number of aromatic nitrogens is 1. The maximum absolute atomic E-state index is 12.4. The summed E-state index contributed by atoms with van der Waals surface area (Å²) in [5.41, 5.74) is 7.91.